The van der Waals surface area contributed by atoms with Crippen molar-refractivity contribution in [3.63, 3.8) is 0 Å². The SMILES string of the molecule is COc1cc(C(=O)/C(C#N)=C/c2ccc3c(c2)OCO3)cc(OC)c1OC. The van der Waals surface area contributed by atoms with Crippen LogP contribution in [0.1, 0.15) is 15.9 Å². The molecule has 0 radical (unpaired) electrons. The number of nitrogens with zero attached hydrogens (tertiary/aromatic N) is 1. The number of methoxy groups -OCH3 is 3. The van der Waals surface area contributed by atoms with E-state index in [4.69, 9.17) is 23.7 Å². The maximum Gasteiger partial charge on any atom is 0.231 e. The molecule has 2 aromatic rings. The molecule has 1 aliphatic rings. The Kier molecular flexibility index (Phi) is 5.18. The van der Waals surface area contributed by atoms with E-state index < -0.39 is 5.78 Å². The van der Waals surface area contributed by atoms with Crippen molar-refractivity contribution >= 4 is 11.9 Å². The highest BCUT2D eigenvalue weighted by Gasteiger charge is 2.20. The number of hydrogen-bond donors (Lipinski definition) is 0. The molecule has 138 valence electrons. The number of ketones is 1. The highest BCUT2D eigenvalue weighted by Crippen LogP contribution is 2.39. The molecule has 0 aromatic heterocycles. The van der Waals surface area contributed by atoms with Crippen molar-refractivity contribution in [3.8, 4) is 34.8 Å². The van der Waals surface area contributed by atoms with Crippen LogP contribution in [0.25, 0.3) is 6.08 Å². The van der Waals surface area contributed by atoms with Crippen molar-refractivity contribution in [2.45, 2.75) is 0 Å². The summed E-state index contributed by atoms with van der Waals surface area (Å²) in [6, 6.07) is 10.1. The number of Topliss-reactive ketones (excluding diaryl/α,β-unsaturated/α-hetero) is 1. The number of benzene rings is 2. The minimum Gasteiger partial charge on any atom is -0.493 e. The van der Waals surface area contributed by atoms with Gasteiger partial charge in [-0.25, -0.2) is 0 Å². The molecule has 0 saturated heterocycles. The smallest absolute Gasteiger partial charge is 0.231 e. The van der Waals surface area contributed by atoms with E-state index in [-0.39, 0.29) is 17.9 Å². The zero-order chi connectivity index (χ0) is 19.4. The van der Waals surface area contributed by atoms with Gasteiger partial charge in [0.2, 0.25) is 18.3 Å². The van der Waals surface area contributed by atoms with Crippen LogP contribution in [-0.4, -0.2) is 33.9 Å². The minimum absolute atomic E-state index is 0.0388. The second kappa shape index (κ2) is 7.70. The van der Waals surface area contributed by atoms with Gasteiger partial charge in [-0.2, -0.15) is 5.26 Å². The fraction of sp³-hybridized carbons (Fsp3) is 0.200. The van der Waals surface area contributed by atoms with Crippen molar-refractivity contribution in [1.82, 2.24) is 0 Å². The molecule has 0 atom stereocenters. The van der Waals surface area contributed by atoms with Gasteiger partial charge in [0, 0.05) is 5.56 Å². The van der Waals surface area contributed by atoms with Gasteiger partial charge in [0.05, 0.1) is 21.3 Å². The summed E-state index contributed by atoms with van der Waals surface area (Å²) in [6.07, 6.45) is 1.49. The molecule has 0 unspecified atom stereocenters. The zero-order valence-corrected chi connectivity index (χ0v) is 15.1. The van der Waals surface area contributed by atoms with Crippen LogP contribution >= 0.6 is 0 Å². The third kappa shape index (κ3) is 3.51. The Labute approximate surface area is 156 Å². The Bertz CT molecular complexity index is 932. The van der Waals surface area contributed by atoms with Crippen LogP contribution in [-0.2, 0) is 0 Å². The van der Waals surface area contributed by atoms with Crippen LogP contribution in [0.15, 0.2) is 35.9 Å². The molecular weight excluding hydrogens is 350 g/mol. The highest BCUT2D eigenvalue weighted by molar-refractivity contribution is 6.14. The van der Waals surface area contributed by atoms with Gasteiger partial charge in [-0.15, -0.1) is 0 Å². The fourth-order valence-electron chi connectivity index (χ4n) is 2.69. The molecule has 27 heavy (non-hydrogen) atoms. The second-order valence-corrected chi connectivity index (χ2v) is 5.53. The van der Waals surface area contributed by atoms with Crippen LogP contribution in [0.4, 0.5) is 0 Å². The molecule has 1 heterocycles. The van der Waals surface area contributed by atoms with E-state index in [0.29, 0.717) is 34.3 Å². The maximum absolute atomic E-state index is 12.9. The van der Waals surface area contributed by atoms with Crippen molar-refractivity contribution in [3.05, 3.63) is 47.0 Å². The summed E-state index contributed by atoms with van der Waals surface area (Å²) >= 11 is 0. The normalized spacial score (nSPS) is 12.3. The molecule has 0 fully saturated rings. The molecule has 1 aliphatic heterocycles. The predicted molar refractivity (Wildman–Crippen MR) is 96.6 cm³/mol. The first-order valence-electron chi connectivity index (χ1n) is 7.97. The number of carbonyl (C=O) groups excluding carboxylic acids is 1. The van der Waals surface area contributed by atoms with Crippen LogP contribution in [0.5, 0.6) is 28.7 Å². The lowest BCUT2D eigenvalue weighted by Gasteiger charge is -2.13. The van der Waals surface area contributed by atoms with Gasteiger partial charge in [0.1, 0.15) is 11.6 Å². The Balaban J connectivity index is 1.99. The molecule has 7 heteroatoms. The van der Waals surface area contributed by atoms with Gasteiger partial charge in [0.15, 0.2) is 23.0 Å². The van der Waals surface area contributed by atoms with E-state index >= 15 is 0 Å². The fourth-order valence-corrected chi connectivity index (χ4v) is 2.69. The number of hydrogen-bond acceptors (Lipinski definition) is 7. The van der Waals surface area contributed by atoms with Gasteiger partial charge in [-0.3, -0.25) is 4.79 Å². The van der Waals surface area contributed by atoms with E-state index in [1.54, 1.807) is 18.2 Å². The standard InChI is InChI=1S/C20H17NO6/c1-23-17-8-13(9-18(24-2)20(17)25-3)19(22)14(10-21)6-12-4-5-15-16(7-12)27-11-26-15/h4-9H,11H2,1-3H3/b14-6+. The molecule has 2 aromatic carbocycles. The van der Waals surface area contributed by atoms with Crippen molar-refractivity contribution < 1.29 is 28.5 Å². The topological polar surface area (TPSA) is 87.0 Å². The van der Waals surface area contributed by atoms with E-state index in [0.717, 1.165) is 0 Å². The number of fused-ring (bicyclic) bond motifs is 1. The molecule has 0 saturated carbocycles. The summed E-state index contributed by atoms with van der Waals surface area (Å²) < 4.78 is 26.4. The average Bonchev–Trinajstić information content (AvgIpc) is 3.18. The van der Waals surface area contributed by atoms with Crippen LogP contribution in [0, 0.1) is 11.3 Å². The number of carbonyl (C=O) groups is 1. The first kappa shape index (κ1) is 18.1. The number of rotatable bonds is 6. The predicted octanol–water partition coefficient (Wildman–Crippen LogP) is 3.23. The van der Waals surface area contributed by atoms with Crippen LogP contribution < -0.4 is 23.7 Å². The van der Waals surface area contributed by atoms with Gasteiger partial charge in [0.25, 0.3) is 0 Å². The molecule has 0 bridgehead atoms. The molecule has 3 rings (SSSR count). The lowest BCUT2D eigenvalue weighted by atomic mass is 10.0. The number of nitriles is 1. The third-order valence-electron chi connectivity index (χ3n) is 4.00. The molecule has 0 amide bonds. The van der Waals surface area contributed by atoms with E-state index in [1.165, 1.54) is 39.5 Å². The van der Waals surface area contributed by atoms with Crippen molar-refractivity contribution in [1.29, 1.82) is 5.26 Å². The largest absolute Gasteiger partial charge is 0.493 e. The summed E-state index contributed by atoms with van der Waals surface area (Å²) in [5.74, 6) is 1.77. The van der Waals surface area contributed by atoms with E-state index in [2.05, 4.69) is 0 Å². The third-order valence-corrected chi connectivity index (χ3v) is 4.00. The first-order chi connectivity index (χ1) is 13.1. The summed E-state index contributed by atoms with van der Waals surface area (Å²) in [5, 5.41) is 9.48. The Morgan fingerprint density at radius 3 is 2.30 bits per heavy atom. The highest BCUT2D eigenvalue weighted by atomic mass is 16.7. The van der Waals surface area contributed by atoms with Crippen molar-refractivity contribution in [2.75, 3.05) is 28.1 Å². The van der Waals surface area contributed by atoms with Gasteiger partial charge < -0.3 is 23.7 Å². The summed E-state index contributed by atoms with van der Waals surface area (Å²) in [5.41, 5.74) is 0.859. The molecule has 7 nitrogen and oxygen atoms in total. The molecular formula is C20H17NO6. The van der Waals surface area contributed by atoms with Crippen LogP contribution in [0.3, 0.4) is 0 Å². The van der Waals surface area contributed by atoms with Gasteiger partial charge in [-0.1, -0.05) is 6.07 Å². The Morgan fingerprint density at radius 2 is 1.70 bits per heavy atom. The zero-order valence-electron chi connectivity index (χ0n) is 15.1. The second-order valence-electron chi connectivity index (χ2n) is 5.53. The Morgan fingerprint density at radius 1 is 1.04 bits per heavy atom. The lowest BCUT2D eigenvalue weighted by molar-refractivity contribution is 0.103. The number of allylic oxidation sites excluding steroid dienone is 1. The number of ether oxygens (including phenoxy) is 5. The van der Waals surface area contributed by atoms with Crippen molar-refractivity contribution in [2.24, 2.45) is 0 Å². The minimum atomic E-state index is -0.464. The summed E-state index contributed by atoms with van der Waals surface area (Å²) in [6.45, 7) is 0.151. The monoisotopic (exact) mass is 367 g/mol. The summed E-state index contributed by atoms with van der Waals surface area (Å²) in [4.78, 5) is 12.9. The summed E-state index contributed by atoms with van der Waals surface area (Å²) in [7, 11) is 4.39. The molecule has 0 N–H and O–H groups in total. The maximum atomic E-state index is 12.9. The van der Waals surface area contributed by atoms with Gasteiger partial charge in [-0.05, 0) is 35.9 Å². The first-order valence-corrected chi connectivity index (χ1v) is 7.97. The Hall–Kier alpha value is -3.66. The molecule has 0 spiro atoms. The molecule has 0 aliphatic carbocycles. The average molecular weight is 367 g/mol. The van der Waals surface area contributed by atoms with Crippen LogP contribution in [0.2, 0.25) is 0 Å². The van der Waals surface area contributed by atoms with Gasteiger partial charge >= 0.3 is 0 Å². The lowest BCUT2D eigenvalue weighted by Crippen LogP contribution is -2.04. The quantitative estimate of drug-likeness (QED) is 0.440. The van der Waals surface area contributed by atoms with E-state index in [1.807, 2.05) is 6.07 Å². The van der Waals surface area contributed by atoms with E-state index in [9.17, 15) is 10.1 Å².